The summed E-state index contributed by atoms with van der Waals surface area (Å²) in [5.74, 6) is 0.304. The van der Waals surface area contributed by atoms with E-state index in [2.05, 4.69) is 10.1 Å². The Morgan fingerprint density at radius 3 is 2.76 bits per heavy atom. The van der Waals surface area contributed by atoms with E-state index in [0.29, 0.717) is 31.1 Å². The van der Waals surface area contributed by atoms with Crippen molar-refractivity contribution >= 4 is 16.1 Å². The minimum Gasteiger partial charge on any atom is -0.337 e. The van der Waals surface area contributed by atoms with E-state index in [9.17, 15) is 13.2 Å². The fourth-order valence-corrected chi connectivity index (χ4v) is 4.59. The third-order valence-electron chi connectivity index (χ3n) is 5.01. The van der Waals surface area contributed by atoms with Gasteiger partial charge in [0.15, 0.2) is 0 Å². The number of hydrogen-bond acceptors (Lipinski definition) is 6. The molecule has 1 aromatic carbocycles. The van der Waals surface area contributed by atoms with E-state index in [-0.39, 0.29) is 24.9 Å². The Hall–Kier alpha value is -2.30. The van der Waals surface area contributed by atoms with Gasteiger partial charge in [0.1, 0.15) is 0 Å². The molecule has 29 heavy (non-hydrogen) atoms. The summed E-state index contributed by atoms with van der Waals surface area (Å²) in [5.41, 5.74) is 1.95. The summed E-state index contributed by atoms with van der Waals surface area (Å²) in [5, 5.41) is 4.00. The molecule has 158 valence electrons. The SMILES string of the molecule is Cc1cccc(-c2noc(CN(C)C(=O)[C@@H]3CCCN(S(=O)(=O)N(C)C)C3)n2)c1. The van der Waals surface area contributed by atoms with Crippen LogP contribution in [0.15, 0.2) is 28.8 Å². The van der Waals surface area contributed by atoms with Crippen LogP contribution in [0.3, 0.4) is 0 Å². The molecule has 0 N–H and O–H groups in total. The first-order valence-electron chi connectivity index (χ1n) is 9.50. The highest BCUT2D eigenvalue weighted by Gasteiger charge is 2.34. The lowest BCUT2D eigenvalue weighted by molar-refractivity contribution is -0.136. The van der Waals surface area contributed by atoms with E-state index in [1.807, 2.05) is 31.2 Å². The van der Waals surface area contributed by atoms with Crippen LogP contribution in [-0.2, 0) is 21.5 Å². The molecule has 0 spiro atoms. The maximum atomic E-state index is 12.9. The number of piperidine rings is 1. The number of hydrogen-bond donors (Lipinski definition) is 0. The largest absolute Gasteiger partial charge is 0.337 e. The standard InChI is InChI=1S/C19H27N5O4S/c1-14-7-5-8-15(11-14)18-20-17(28-21-18)13-23(4)19(25)16-9-6-10-24(12-16)29(26,27)22(2)3/h5,7-8,11,16H,6,9-10,12-13H2,1-4H3/t16-/m1/s1. The van der Waals surface area contributed by atoms with Gasteiger partial charge >= 0.3 is 0 Å². The molecule has 2 heterocycles. The van der Waals surface area contributed by atoms with Gasteiger partial charge in [-0.1, -0.05) is 28.9 Å². The van der Waals surface area contributed by atoms with Gasteiger partial charge in [-0.25, -0.2) is 0 Å². The number of aryl methyl sites for hydroxylation is 1. The smallest absolute Gasteiger partial charge is 0.281 e. The first-order chi connectivity index (χ1) is 13.7. The predicted octanol–water partition coefficient (Wildman–Crippen LogP) is 1.52. The van der Waals surface area contributed by atoms with Gasteiger partial charge in [-0.3, -0.25) is 4.79 Å². The molecule has 0 radical (unpaired) electrons. The summed E-state index contributed by atoms with van der Waals surface area (Å²) >= 11 is 0. The molecule has 10 heteroatoms. The minimum absolute atomic E-state index is 0.126. The zero-order chi connectivity index (χ0) is 21.2. The number of aromatic nitrogens is 2. The summed E-state index contributed by atoms with van der Waals surface area (Å²) in [6.45, 7) is 2.77. The van der Waals surface area contributed by atoms with Crippen molar-refractivity contribution in [3.05, 3.63) is 35.7 Å². The average molecular weight is 422 g/mol. The number of nitrogens with zero attached hydrogens (tertiary/aromatic N) is 5. The summed E-state index contributed by atoms with van der Waals surface area (Å²) in [7, 11) is 1.13. The van der Waals surface area contributed by atoms with Crippen LogP contribution >= 0.6 is 0 Å². The second kappa shape index (κ2) is 8.60. The Labute approximate surface area is 171 Å². The number of carbonyl (C=O) groups excluding carboxylic acids is 1. The predicted molar refractivity (Wildman–Crippen MR) is 108 cm³/mol. The Morgan fingerprint density at radius 1 is 1.31 bits per heavy atom. The Balaban J connectivity index is 1.65. The zero-order valence-electron chi connectivity index (χ0n) is 17.2. The van der Waals surface area contributed by atoms with Crippen LogP contribution in [0.5, 0.6) is 0 Å². The van der Waals surface area contributed by atoms with E-state index < -0.39 is 10.2 Å². The second-order valence-electron chi connectivity index (χ2n) is 7.56. The van der Waals surface area contributed by atoms with Gasteiger partial charge in [-0.15, -0.1) is 0 Å². The molecule has 1 aliphatic rings. The van der Waals surface area contributed by atoms with E-state index in [4.69, 9.17) is 4.52 Å². The molecule has 2 aromatic rings. The summed E-state index contributed by atoms with van der Waals surface area (Å²) in [6, 6.07) is 7.78. The molecule has 1 aromatic heterocycles. The quantitative estimate of drug-likeness (QED) is 0.701. The third-order valence-corrected chi connectivity index (χ3v) is 6.92. The first kappa shape index (κ1) is 21.4. The van der Waals surface area contributed by atoms with Crippen molar-refractivity contribution in [1.29, 1.82) is 0 Å². The van der Waals surface area contributed by atoms with Crippen molar-refractivity contribution < 1.29 is 17.7 Å². The number of carbonyl (C=O) groups is 1. The van der Waals surface area contributed by atoms with Crippen LogP contribution in [0.2, 0.25) is 0 Å². The van der Waals surface area contributed by atoms with Gasteiger partial charge in [0.25, 0.3) is 10.2 Å². The Kier molecular flexibility index (Phi) is 6.35. The van der Waals surface area contributed by atoms with Crippen molar-refractivity contribution in [3.63, 3.8) is 0 Å². The number of rotatable bonds is 6. The van der Waals surface area contributed by atoms with Crippen LogP contribution in [0.25, 0.3) is 11.4 Å². The van der Waals surface area contributed by atoms with Gasteiger partial charge in [-0.05, 0) is 25.8 Å². The summed E-state index contributed by atoms with van der Waals surface area (Å²) in [4.78, 5) is 18.8. The maximum Gasteiger partial charge on any atom is 0.281 e. The molecule has 0 unspecified atom stereocenters. The van der Waals surface area contributed by atoms with Crippen LogP contribution < -0.4 is 0 Å². The molecule has 1 saturated heterocycles. The Bertz CT molecular complexity index is 972. The maximum absolute atomic E-state index is 12.9. The normalized spacial score (nSPS) is 18.2. The molecule has 0 bridgehead atoms. The Morgan fingerprint density at radius 2 is 2.07 bits per heavy atom. The van der Waals surface area contributed by atoms with Crippen molar-refractivity contribution in [2.24, 2.45) is 5.92 Å². The third kappa shape index (κ3) is 4.82. The molecule has 3 rings (SSSR count). The lowest BCUT2D eigenvalue weighted by Crippen LogP contribution is -2.49. The van der Waals surface area contributed by atoms with Crippen molar-refractivity contribution in [1.82, 2.24) is 23.7 Å². The topological polar surface area (TPSA) is 99.8 Å². The minimum atomic E-state index is -3.53. The fraction of sp³-hybridized carbons (Fsp3) is 0.526. The van der Waals surface area contributed by atoms with Gasteiger partial charge in [-0.2, -0.15) is 22.0 Å². The van der Waals surface area contributed by atoms with Crippen molar-refractivity contribution in [2.75, 3.05) is 34.2 Å². The highest BCUT2D eigenvalue weighted by molar-refractivity contribution is 7.86. The van der Waals surface area contributed by atoms with Gasteiger partial charge in [0.2, 0.25) is 17.6 Å². The fourth-order valence-electron chi connectivity index (χ4n) is 3.40. The zero-order valence-corrected chi connectivity index (χ0v) is 18.0. The van der Waals surface area contributed by atoms with Gasteiger partial charge in [0, 0.05) is 39.8 Å². The number of benzene rings is 1. The van der Waals surface area contributed by atoms with Crippen LogP contribution in [0.1, 0.15) is 24.3 Å². The van der Waals surface area contributed by atoms with Crippen molar-refractivity contribution in [3.8, 4) is 11.4 Å². The molecular formula is C19H27N5O4S. The molecular weight excluding hydrogens is 394 g/mol. The monoisotopic (exact) mass is 421 g/mol. The molecule has 1 aliphatic heterocycles. The lowest BCUT2D eigenvalue weighted by Gasteiger charge is -2.34. The molecule has 0 saturated carbocycles. The molecule has 1 atom stereocenters. The molecule has 1 amide bonds. The molecule has 9 nitrogen and oxygen atoms in total. The lowest BCUT2D eigenvalue weighted by atomic mass is 9.98. The van der Waals surface area contributed by atoms with Crippen LogP contribution in [0.4, 0.5) is 0 Å². The van der Waals surface area contributed by atoms with E-state index in [0.717, 1.165) is 11.1 Å². The molecule has 0 aliphatic carbocycles. The van der Waals surface area contributed by atoms with Crippen LogP contribution in [-0.4, -0.2) is 72.2 Å². The highest BCUT2D eigenvalue weighted by atomic mass is 32.2. The molecule has 1 fully saturated rings. The summed E-state index contributed by atoms with van der Waals surface area (Å²) in [6.07, 6.45) is 1.30. The van der Waals surface area contributed by atoms with Crippen molar-refractivity contribution in [2.45, 2.75) is 26.3 Å². The van der Waals surface area contributed by atoms with E-state index in [1.165, 1.54) is 27.6 Å². The summed E-state index contributed by atoms with van der Waals surface area (Å²) < 4.78 is 32.6. The van der Waals surface area contributed by atoms with E-state index >= 15 is 0 Å². The van der Waals surface area contributed by atoms with Gasteiger partial charge < -0.3 is 9.42 Å². The second-order valence-corrected chi connectivity index (χ2v) is 9.71. The van der Waals surface area contributed by atoms with E-state index in [1.54, 1.807) is 7.05 Å². The number of amides is 1. The first-order valence-corrected chi connectivity index (χ1v) is 10.9. The van der Waals surface area contributed by atoms with Gasteiger partial charge in [0.05, 0.1) is 12.5 Å². The van der Waals surface area contributed by atoms with Crippen LogP contribution in [0, 0.1) is 12.8 Å². The average Bonchev–Trinajstić information content (AvgIpc) is 3.16. The highest BCUT2D eigenvalue weighted by Crippen LogP contribution is 2.23.